The summed E-state index contributed by atoms with van der Waals surface area (Å²) in [7, 11) is 0. The molecule has 3 aromatic carbocycles. The minimum Gasteiger partial charge on any atom is -0.493 e. The average molecular weight is 485 g/mol. The minimum atomic E-state index is -0.548. The predicted molar refractivity (Wildman–Crippen MR) is 135 cm³/mol. The Balaban J connectivity index is 1.67. The summed E-state index contributed by atoms with van der Waals surface area (Å²) in [5.41, 5.74) is 8.31. The van der Waals surface area contributed by atoms with E-state index in [1.165, 1.54) is 0 Å². The summed E-state index contributed by atoms with van der Waals surface area (Å²) in [5, 5.41) is 9.88. The van der Waals surface area contributed by atoms with Crippen LogP contribution in [0.5, 0.6) is 23.0 Å². The molecule has 4 rings (SSSR count). The third-order valence-electron chi connectivity index (χ3n) is 5.66. The maximum absolute atomic E-state index is 12.9. The Labute approximate surface area is 210 Å². The largest absolute Gasteiger partial charge is 0.493 e. The van der Waals surface area contributed by atoms with E-state index < -0.39 is 11.9 Å². The molecule has 0 amide bonds. The Morgan fingerprint density at radius 2 is 1.61 bits per heavy atom. The normalized spacial score (nSPS) is 14.3. The Kier molecular flexibility index (Phi) is 7.76. The lowest BCUT2D eigenvalue weighted by Crippen LogP contribution is -2.21. The fraction of sp³-hybridized carbons (Fsp3) is 0.241. The number of carbonyl (C=O) groups excluding carboxylic acids is 1. The highest BCUT2D eigenvalue weighted by molar-refractivity contribution is 5.94. The fourth-order valence-electron chi connectivity index (χ4n) is 4.02. The molecule has 0 aliphatic carbocycles. The van der Waals surface area contributed by atoms with E-state index in [2.05, 4.69) is 6.07 Å². The van der Waals surface area contributed by atoms with Crippen LogP contribution in [0.25, 0.3) is 0 Å². The number of nitrogens with zero attached hydrogens (tertiary/aromatic N) is 1. The second-order valence-electron chi connectivity index (χ2n) is 8.24. The molecule has 1 aliphatic rings. The molecule has 7 nitrogen and oxygen atoms in total. The highest BCUT2D eigenvalue weighted by Crippen LogP contribution is 2.46. The molecule has 0 fully saturated rings. The number of benzene rings is 3. The molecule has 0 aromatic heterocycles. The number of nitriles is 1. The molecular weight excluding hydrogens is 456 g/mol. The summed E-state index contributed by atoms with van der Waals surface area (Å²) >= 11 is 0. The maximum Gasteiger partial charge on any atom is 0.347 e. The standard InChI is InChI=1S/C29H28N2O5/c1-3-15-33-24-11-7-5-9-20(24)27-21-14-13-19(17-26(21)36-28(31)23(27)18-30)35-29(32)22-10-6-8-12-25(22)34-16-4-2/h5-14,17,27H,3-4,15-16,31H2,1-2H3. The lowest BCUT2D eigenvalue weighted by molar-refractivity contribution is 0.0730. The molecule has 0 saturated heterocycles. The quantitative estimate of drug-likeness (QED) is 0.307. The maximum atomic E-state index is 12.9. The van der Waals surface area contributed by atoms with Crippen molar-refractivity contribution in [1.29, 1.82) is 5.26 Å². The summed E-state index contributed by atoms with van der Waals surface area (Å²) in [6.07, 6.45) is 1.67. The summed E-state index contributed by atoms with van der Waals surface area (Å²) in [6, 6.07) is 21.8. The molecule has 184 valence electrons. The van der Waals surface area contributed by atoms with Gasteiger partial charge in [0.2, 0.25) is 5.88 Å². The highest BCUT2D eigenvalue weighted by atomic mass is 16.5. The van der Waals surface area contributed by atoms with Crippen LogP contribution < -0.4 is 24.7 Å². The van der Waals surface area contributed by atoms with Crippen LogP contribution in [0.4, 0.5) is 0 Å². The first-order chi connectivity index (χ1) is 17.6. The van der Waals surface area contributed by atoms with Crippen molar-refractivity contribution >= 4 is 5.97 Å². The van der Waals surface area contributed by atoms with E-state index >= 15 is 0 Å². The van der Waals surface area contributed by atoms with Gasteiger partial charge in [0.05, 0.1) is 19.1 Å². The number of ether oxygens (including phenoxy) is 4. The molecule has 0 bridgehead atoms. The lowest BCUT2D eigenvalue weighted by atomic mass is 9.83. The number of para-hydroxylation sites is 2. The zero-order valence-electron chi connectivity index (χ0n) is 20.3. The number of esters is 1. The molecule has 1 aliphatic heterocycles. The Hall–Kier alpha value is -4.44. The van der Waals surface area contributed by atoms with Crippen LogP contribution in [-0.4, -0.2) is 19.2 Å². The highest BCUT2D eigenvalue weighted by Gasteiger charge is 2.33. The van der Waals surface area contributed by atoms with E-state index in [9.17, 15) is 10.1 Å². The zero-order valence-corrected chi connectivity index (χ0v) is 20.3. The summed E-state index contributed by atoms with van der Waals surface area (Å²) in [5.74, 6) is 0.801. The van der Waals surface area contributed by atoms with Crippen LogP contribution in [0, 0.1) is 11.3 Å². The van der Waals surface area contributed by atoms with Gasteiger partial charge in [-0.05, 0) is 37.1 Å². The molecule has 3 aromatic rings. The van der Waals surface area contributed by atoms with Crippen molar-refractivity contribution in [1.82, 2.24) is 0 Å². The fourth-order valence-corrected chi connectivity index (χ4v) is 4.02. The summed E-state index contributed by atoms with van der Waals surface area (Å²) < 4.78 is 23.1. The van der Waals surface area contributed by atoms with Crippen molar-refractivity contribution in [3.63, 3.8) is 0 Å². The lowest BCUT2D eigenvalue weighted by Gasteiger charge is -2.28. The van der Waals surface area contributed by atoms with Gasteiger partial charge in [0.1, 0.15) is 40.2 Å². The predicted octanol–water partition coefficient (Wildman–Crippen LogP) is 5.70. The number of nitrogens with two attached hydrogens (primary N) is 1. The van der Waals surface area contributed by atoms with Crippen molar-refractivity contribution in [3.8, 4) is 29.1 Å². The van der Waals surface area contributed by atoms with E-state index in [-0.39, 0.29) is 11.6 Å². The van der Waals surface area contributed by atoms with Crippen molar-refractivity contribution in [2.24, 2.45) is 5.73 Å². The SMILES string of the molecule is CCCOc1ccccc1C(=O)Oc1ccc2c(c1)OC(N)=C(C#N)C2c1ccccc1OCCC. The number of hydrogen-bond acceptors (Lipinski definition) is 7. The molecule has 2 N–H and O–H groups in total. The first kappa shape index (κ1) is 24.7. The van der Waals surface area contributed by atoms with Crippen LogP contribution in [0.15, 0.2) is 78.2 Å². The van der Waals surface area contributed by atoms with Gasteiger partial charge < -0.3 is 24.7 Å². The van der Waals surface area contributed by atoms with Gasteiger partial charge in [0.15, 0.2) is 0 Å². The van der Waals surface area contributed by atoms with Crippen molar-refractivity contribution in [2.45, 2.75) is 32.6 Å². The first-order valence-electron chi connectivity index (χ1n) is 11.9. The second-order valence-corrected chi connectivity index (χ2v) is 8.24. The van der Waals surface area contributed by atoms with E-state index in [1.807, 2.05) is 38.1 Å². The Morgan fingerprint density at radius 1 is 0.944 bits per heavy atom. The third-order valence-corrected chi connectivity index (χ3v) is 5.66. The van der Waals surface area contributed by atoms with Crippen molar-refractivity contribution in [3.05, 3.63) is 94.9 Å². The molecule has 1 heterocycles. The van der Waals surface area contributed by atoms with E-state index in [4.69, 9.17) is 24.7 Å². The zero-order chi connectivity index (χ0) is 25.5. The third kappa shape index (κ3) is 5.13. The number of allylic oxidation sites excluding steroid dienone is 1. The molecule has 1 atom stereocenters. The van der Waals surface area contributed by atoms with Gasteiger partial charge in [0.25, 0.3) is 0 Å². The van der Waals surface area contributed by atoms with Crippen LogP contribution in [0.1, 0.15) is 54.1 Å². The van der Waals surface area contributed by atoms with Crippen LogP contribution in [0.3, 0.4) is 0 Å². The first-order valence-corrected chi connectivity index (χ1v) is 11.9. The molecule has 0 spiro atoms. The monoisotopic (exact) mass is 484 g/mol. The molecule has 7 heteroatoms. The number of hydrogen-bond donors (Lipinski definition) is 1. The van der Waals surface area contributed by atoms with E-state index in [0.29, 0.717) is 41.6 Å². The molecule has 1 unspecified atom stereocenters. The summed E-state index contributed by atoms with van der Waals surface area (Å²) in [6.45, 7) is 5.07. The topological polar surface area (TPSA) is 104 Å². The van der Waals surface area contributed by atoms with Gasteiger partial charge in [-0.1, -0.05) is 50.2 Å². The number of fused-ring (bicyclic) bond motifs is 1. The van der Waals surface area contributed by atoms with Crippen LogP contribution in [0.2, 0.25) is 0 Å². The smallest absolute Gasteiger partial charge is 0.347 e. The minimum absolute atomic E-state index is 0.00193. The Bertz CT molecular complexity index is 1330. The molecular formula is C29H28N2O5. The summed E-state index contributed by atoms with van der Waals surface area (Å²) in [4.78, 5) is 12.9. The molecule has 0 radical (unpaired) electrons. The van der Waals surface area contributed by atoms with Gasteiger partial charge in [0, 0.05) is 17.2 Å². The Morgan fingerprint density at radius 3 is 2.33 bits per heavy atom. The van der Waals surface area contributed by atoms with Gasteiger partial charge in [-0.3, -0.25) is 0 Å². The molecule has 0 saturated carbocycles. The number of carbonyl (C=O) groups is 1. The van der Waals surface area contributed by atoms with Crippen LogP contribution >= 0.6 is 0 Å². The van der Waals surface area contributed by atoms with E-state index in [0.717, 1.165) is 24.0 Å². The van der Waals surface area contributed by atoms with Crippen LogP contribution in [-0.2, 0) is 0 Å². The number of rotatable bonds is 9. The van der Waals surface area contributed by atoms with Gasteiger partial charge in [-0.2, -0.15) is 5.26 Å². The van der Waals surface area contributed by atoms with Crippen molar-refractivity contribution < 1.29 is 23.7 Å². The van der Waals surface area contributed by atoms with Gasteiger partial charge >= 0.3 is 5.97 Å². The van der Waals surface area contributed by atoms with E-state index in [1.54, 1.807) is 42.5 Å². The molecule has 36 heavy (non-hydrogen) atoms. The van der Waals surface area contributed by atoms with Gasteiger partial charge in [-0.15, -0.1) is 0 Å². The average Bonchev–Trinajstić information content (AvgIpc) is 2.90. The van der Waals surface area contributed by atoms with Gasteiger partial charge in [-0.25, -0.2) is 4.79 Å². The van der Waals surface area contributed by atoms with Crippen molar-refractivity contribution in [2.75, 3.05) is 13.2 Å². The second kappa shape index (κ2) is 11.3.